The fraction of sp³-hybridized carbons (Fsp3) is 0.536. The first kappa shape index (κ1) is 28.5. The van der Waals surface area contributed by atoms with Gasteiger partial charge in [0, 0.05) is 29.9 Å². The van der Waals surface area contributed by atoms with Crippen molar-refractivity contribution in [1.29, 1.82) is 0 Å². The molecule has 0 spiro atoms. The summed E-state index contributed by atoms with van der Waals surface area (Å²) in [5.74, 6) is 0.282. The van der Waals surface area contributed by atoms with Crippen LogP contribution in [0.5, 0.6) is 0 Å². The van der Waals surface area contributed by atoms with Crippen molar-refractivity contribution in [1.82, 2.24) is 4.98 Å². The zero-order valence-electron chi connectivity index (χ0n) is 21.4. The minimum Gasteiger partial charge on any atom is -0.396 e. The van der Waals surface area contributed by atoms with Crippen LogP contribution in [0.25, 0.3) is 11.1 Å². The number of aryl methyl sites for hydroxylation is 1. The molecule has 0 saturated carbocycles. The first-order chi connectivity index (χ1) is 15.0. The highest BCUT2D eigenvalue weighted by Crippen LogP contribution is 2.42. The molecule has 0 bridgehead atoms. The van der Waals surface area contributed by atoms with E-state index in [0.29, 0.717) is 0 Å². The summed E-state index contributed by atoms with van der Waals surface area (Å²) in [5, 5.41) is 10.0. The van der Waals surface area contributed by atoms with Gasteiger partial charge in [0.25, 0.3) is 0 Å². The Morgan fingerprint density at radius 2 is 1.75 bits per heavy atom. The Kier molecular flexibility index (Phi) is 11.8. The fourth-order valence-electron chi connectivity index (χ4n) is 3.69. The summed E-state index contributed by atoms with van der Waals surface area (Å²) in [6, 6.07) is 10.5. The van der Waals surface area contributed by atoms with Crippen LogP contribution in [0.15, 0.2) is 41.0 Å². The van der Waals surface area contributed by atoms with Gasteiger partial charge >= 0.3 is 0 Å². The molecule has 2 aromatic rings. The minimum absolute atomic E-state index is 0.101. The quantitative estimate of drug-likeness (QED) is 0.394. The number of allylic oxidation sites excluding steroid dienone is 2. The molecule has 2 rings (SSSR count). The molecule has 0 aliphatic rings. The van der Waals surface area contributed by atoms with Gasteiger partial charge in [-0.15, -0.1) is 0 Å². The molecule has 0 aliphatic carbocycles. The lowest BCUT2D eigenvalue weighted by Crippen LogP contribution is -2.19. The van der Waals surface area contributed by atoms with E-state index < -0.39 is 0 Å². The summed E-state index contributed by atoms with van der Waals surface area (Å²) in [6.07, 6.45) is 3.74. The Hall–Kier alpha value is -1.49. The largest absolute Gasteiger partial charge is 0.396 e. The van der Waals surface area contributed by atoms with E-state index in [9.17, 15) is 5.11 Å². The number of aliphatic hydroxyl groups excluding tert-OH is 1. The number of nitrogens with zero attached hydrogens (tertiary/aromatic N) is 1. The molecule has 0 fully saturated rings. The van der Waals surface area contributed by atoms with E-state index in [4.69, 9.17) is 4.74 Å². The van der Waals surface area contributed by atoms with Gasteiger partial charge in [-0.1, -0.05) is 76.0 Å². The van der Waals surface area contributed by atoms with Gasteiger partial charge in [0.1, 0.15) is 0 Å². The predicted octanol–water partition coefficient (Wildman–Crippen LogP) is 8.25. The number of ether oxygens (including phenoxy) is 1. The third-order valence-corrected chi connectivity index (χ3v) is 5.87. The second kappa shape index (κ2) is 13.3. The molecule has 1 unspecified atom stereocenters. The van der Waals surface area contributed by atoms with Crippen molar-refractivity contribution in [3.63, 3.8) is 0 Å². The van der Waals surface area contributed by atoms with Crippen molar-refractivity contribution in [3.8, 4) is 0 Å². The number of halogens is 1. The molecule has 4 heteroatoms. The van der Waals surface area contributed by atoms with Crippen molar-refractivity contribution < 1.29 is 9.84 Å². The zero-order chi connectivity index (χ0) is 24.5. The number of methoxy groups -OCH3 is 1. The lowest BCUT2D eigenvalue weighted by molar-refractivity contribution is 0.115. The number of hydrogen-bond donors (Lipinski definition) is 1. The Bertz CT molecular complexity index is 887. The van der Waals surface area contributed by atoms with E-state index in [2.05, 4.69) is 93.6 Å². The summed E-state index contributed by atoms with van der Waals surface area (Å²) in [4.78, 5) is 4.67. The van der Waals surface area contributed by atoms with Crippen LogP contribution in [0.2, 0.25) is 0 Å². The highest BCUT2D eigenvalue weighted by Gasteiger charge is 2.26. The second-order valence-corrected chi connectivity index (χ2v) is 10.4. The lowest BCUT2D eigenvalue weighted by atomic mass is 9.77. The molecular weight excluding hydrogens is 462 g/mol. The molecular formula is C28H42BrNO2. The van der Waals surface area contributed by atoms with Crippen molar-refractivity contribution >= 4 is 27.1 Å². The van der Waals surface area contributed by atoms with Crippen LogP contribution < -0.4 is 0 Å². The molecule has 1 heterocycles. The van der Waals surface area contributed by atoms with Crippen molar-refractivity contribution in [2.45, 2.75) is 74.3 Å². The molecule has 0 radical (unpaired) electrons. The van der Waals surface area contributed by atoms with Crippen LogP contribution in [0.3, 0.4) is 0 Å². The maximum atomic E-state index is 10.0. The van der Waals surface area contributed by atoms with Crippen molar-refractivity contribution in [2.75, 3.05) is 13.7 Å². The summed E-state index contributed by atoms with van der Waals surface area (Å²) in [7, 11) is 1.72. The Labute approximate surface area is 204 Å². The molecule has 32 heavy (non-hydrogen) atoms. The standard InChI is InChI=1S/C25H34BrNO2.C3H8/c1-16(2)23(20-9-8-12-27-24(20)18(4)29-7)22(14-25(5,6)15-28)21-13-19(26)11-10-17(21)3;1-3-2/h8-13,16,18,28H,14-15H2,1-7H3;3H2,1-2H3/b23-22+;. The van der Waals surface area contributed by atoms with Gasteiger partial charge in [-0.05, 0) is 72.1 Å². The average molecular weight is 505 g/mol. The molecule has 1 aromatic heterocycles. The normalized spacial score (nSPS) is 13.4. The van der Waals surface area contributed by atoms with Gasteiger partial charge in [-0.25, -0.2) is 0 Å². The van der Waals surface area contributed by atoms with Crippen LogP contribution in [0.4, 0.5) is 0 Å². The molecule has 0 aliphatic heterocycles. The number of aliphatic hydroxyl groups is 1. The molecule has 1 aromatic carbocycles. The summed E-state index contributed by atoms with van der Waals surface area (Å²) in [6.45, 7) is 17.2. The van der Waals surface area contributed by atoms with Gasteiger partial charge in [0.2, 0.25) is 0 Å². The second-order valence-electron chi connectivity index (χ2n) is 9.53. The molecule has 1 N–H and O–H groups in total. The zero-order valence-corrected chi connectivity index (χ0v) is 23.0. The molecule has 0 saturated heterocycles. The van der Waals surface area contributed by atoms with Gasteiger partial charge < -0.3 is 9.84 Å². The predicted molar refractivity (Wildman–Crippen MR) is 142 cm³/mol. The minimum atomic E-state index is -0.237. The third kappa shape index (κ3) is 7.83. The third-order valence-electron chi connectivity index (χ3n) is 5.38. The molecule has 178 valence electrons. The van der Waals surface area contributed by atoms with Crippen molar-refractivity contribution in [2.24, 2.45) is 11.3 Å². The van der Waals surface area contributed by atoms with Crippen LogP contribution in [-0.4, -0.2) is 23.8 Å². The number of rotatable bonds is 8. The van der Waals surface area contributed by atoms with Crippen LogP contribution in [0.1, 0.15) is 89.8 Å². The maximum absolute atomic E-state index is 10.0. The molecule has 3 nitrogen and oxygen atoms in total. The number of pyridine rings is 1. The first-order valence-electron chi connectivity index (χ1n) is 11.6. The van der Waals surface area contributed by atoms with E-state index >= 15 is 0 Å². The van der Waals surface area contributed by atoms with Crippen molar-refractivity contribution in [3.05, 3.63) is 63.4 Å². The Balaban J connectivity index is 0.00000161. The van der Waals surface area contributed by atoms with Gasteiger partial charge in [0.15, 0.2) is 0 Å². The van der Waals surface area contributed by atoms with Crippen LogP contribution in [0, 0.1) is 18.3 Å². The number of benzene rings is 1. The van der Waals surface area contributed by atoms with Gasteiger partial charge in [-0.2, -0.15) is 0 Å². The SMILES string of the molecule is CCC.COC(C)c1ncccc1/C(=C(\CC(C)(C)CO)c1cc(Br)ccc1C)C(C)C. The number of hydrogen-bond acceptors (Lipinski definition) is 3. The van der Waals surface area contributed by atoms with Gasteiger partial charge in [0.05, 0.1) is 11.8 Å². The monoisotopic (exact) mass is 503 g/mol. The summed E-state index contributed by atoms with van der Waals surface area (Å²) < 4.78 is 6.68. The number of aromatic nitrogens is 1. The molecule has 0 amide bonds. The van der Waals surface area contributed by atoms with Gasteiger partial charge in [-0.3, -0.25) is 4.98 Å². The summed E-state index contributed by atoms with van der Waals surface area (Å²) >= 11 is 3.65. The topological polar surface area (TPSA) is 42.4 Å². The highest BCUT2D eigenvalue weighted by atomic mass is 79.9. The van der Waals surface area contributed by atoms with E-state index in [1.54, 1.807) is 7.11 Å². The van der Waals surface area contributed by atoms with E-state index in [-0.39, 0.29) is 24.0 Å². The lowest BCUT2D eigenvalue weighted by Gasteiger charge is -2.29. The Morgan fingerprint density at radius 3 is 2.28 bits per heavy atom. The smallest absolute Gasteiger partial charge is 0.0968 e. The summed E-state index contributed by atoms with van der Waals surface area (Å²) in [5.41, 5.74) is 6.80. The first-order valence-corrected chi connectivity index (χ1v) is 12.4. The molecule has 1 atom stereocenters. The van der Waals surface area contributed by atoms with E-state index in [1.165, 1.54) is 28.7 Å². The van der Waals surface area contributed by atoms with E-state index in [0.717, 1.165) is 22.2 Å². The maximum Gasteiger partial charge on any atom is 0.0968 e. The van der Waals surface area contributed by atoms with E-state index in [1.807, 2.05) is 19.2 Å². The Morgan fingerprint density at radius 1 is 1.12 bits per heavy atom. The highest BCUT2D eigenvalue weighted by molar-refractivity contribution is 9.10. The fourth-order valence-corrected chi connectivity index (χ4v) is 4.05. The van der Waals surface area contributed by atoms with Crippen LogP contribution in [-0.2, 0) is 4.74 Å². The average Bonchev–Trinajstić information content (AvgIpc) is 2.75. The van der Waals surface area contributed by atoms with Crippen LogP contribution >= 0.6 is 15.9 Å².